The van der Waals surface area contributed by atoms with Crippen LogP contribution in [0.25, 0.3) is 0 Å². The van der Waals surface area contributed by atoms with Gasteiger partial charge in [-0.2, -0.15) is 5.10 Å². The number of thiocarbonyl (C=S) groups is 1. The van der Waals surface area contributed by atoms with Crippen molar-refractivity contribution in [3.63, 3.8) is 0 Å². The molecule has 1 heterocycles. The lowest BCUT2D eigenvalue weighted by atomic mass is 10.2. The van der Waals surface area contributed by atoms with Gasteiger partial charge in [-0.25, -0.2) is 0 Å². The van der Waals surface area contributed by atoms with E-state index in [1.165, 1.54) is 0 Å². The van der Waals surface area contributed by atoms with Gasteiger partial charge >= 0.3 is 0 Å². The van der Waals surface area contributed by atoms with Gasteiger partial charge in [-0.05, 0) is 42.9 Å². The van der Waals surface area contributed by atoms with Crippen molar-refractivity contribution in [3.05, 3.63) is 46.7 Å². The highest BCUT2D eigenvalue weighted by atomic mass is 35.5. The molecule has 0 saturated carbocycles. The van der Waals surface area contributed by atoms with E-state index in [4.69, 9.17) is 23.8 Å². The molecule has 1 aromatic carbocycles. The van der Waals surface area contributed by atoms with E-state index >= 15 is 0 Å². The van der Waals surface area contributed by atoms with Gasteiger partial charge < -0.3 is 10.6 Å². The molecular formula is C12H13ClN4S. The number of nitrogens with zero attached hydrogens (tertiary/aromatic N) is 1. The molecule has 0 aliphatic heterocycles. The maximum absolute atomic E-state index is 5.94. The molecule has 0 spiro atoms. The zero-order valence-corrected chi connectivity index (χ0v) is 11.4. The molecule has 0 amide bonds. The number of hydrogen-bond acceptors (Lipinski definition) is 2. The van der Waals surface area contributed by atoms with E-state index in [2.05, 4.69) is 20.8 Å². The average molecular weight is 281 g/mol. The third kappa shape index (κ3) is 3.45. The molecule has 0 unspecified atom stereocenters. The van der Waals surface area contributed by atoms with E-state index in [0.717, 1.165) is 16.9 Å². The monoisotopic (exact) mass is 280 g/mol. The zero-order chi connectivity index (χ0) is 13.0. The minimum atomic E-state index is 0.551. The van der Waals surface area contributed by atoms with Crippen LogP contribution in [0.2, 0.25) is 5.02 Å². The summed E-state index contributed by atoms with van der Waals surface area (Å²) in [6.45, 7) is 2.60. The van der Waals surface area contributed by atoms with Crippen LogP contribution in [0, 0.1) is 6.92 Å². The first-order valence-corrected chi connectivity index (χ1v) is 6.23. The van der Waals surface area contributed by atoms with Crippen LogP contribution in [0.1, 0.15) is 11.3 Å². The maximum atomic E-state index is 5.94. The van der Waals surface area contributed by atoms with Gasteiger partial charge in [0.25, 0.3) is 0 Å². The fraction of sp³-hybridized carbons (Fsp3) is 0.167. The fourth-order valence-corrected chi connectivity index (χ4v) is 1.81. The fourth-order valence-electron chi connectivity index (χ4n) is 1.45. The predicted octanol–water partition coefficient (Wildman–Crippen LogP) is 2.86. The van der Waals surface area contributed by atoms with Gasteiger partial charge in [-0.15, -0.1) is 0 Å². The highest BCUT2D eigenvalue weighted by Gasteiger charge is 2.02. The number of aryl methyl sites for hydroxylation is 1. The summed E-state index contributed by atoms with van der Waals surface area (Å²) in [7, 11) is 0. The lowest BCUT2D eigenvalue weighted by Gasteiger charge is -2.12. The van der Waals surface area contributed by atoms with Gasteiger partial charge in [0, 0.05) is 16.9 Å². The Hall–Kier alpha value is -1.59. The summed E-state index contributed by atoms with van der Waals surface area (Å²) in [5, 5.41) is 14.2. The summed E-state index contributed by atoms with van der Waals surface area (Å²) in [6, 6.07) is 7.53. The minimum absolute atomic E-state index is 0.551. The molecule has 0 aliphatic carbocycles. The van der Waals surface area contributed by atoms with Crippen LogP contribution in [0.5, 0.6) is 0 Å². The first-order chi connectivity index (χ1) is 8.65. The summed E-state index contributed by atoms with van der Waals surface area (Å²) in [4.78, 5) is 0. The van der Waals surface area contributed by atoms with Gasteiger partial charge in [0.1, 0.15) is 0 Å². The Balaban J connectivity index is 1.92. The van der Waals surface area contributed by atoms with Crippen LogP contribution in [0.3, 0.4) is 0 Å². The molecule has 0 radical (unpaired) electrons. The van der Waals surface area contributed by atoms with Crippen molar-refractivity contribution in [3.8, 4) is 0 Å². The second-order valence-corrected chi connectivity index (χ2v) is 4.69. The molecular weight excluding hydrogens is 268 g/mol. The molecule has 94 valence electrons. The van der Waals surface area contributed by atoms with Gasteiger partial charge in [0.05, 0.1) is 12.2 Å². The van der Waals surface area contributed by atoms with Crippen molar-refractivity contribution < 1.29 is 0 Å². The van der Waals surface area contributed by atoms with Crippen molar-refractivity contribution in [1.29, 1.82) is 0 Å². The summed E-state index contributed by atoms with van der Waals surface area (Å²) < 4.78 is 0. The van der Waals surface area contributed by atoms with E-state index < -0.39 is 0 Å². The number of benzene rings is 1. The smallest absolute Gasteiger partial charge is 0.171 e. The van der Waals surface area contributed by atoms with Crippen molar-refractivity contribution >= 4 is 34.6 Å². The Bertz CT molecular complexity index is 539. The molecule has 6 heteroatoms. The molecule has 2 rings (SSSR count). The number of nitrogens with one attached hydrogen (secondary N) is 3. The first kappa shape index (κ1) is 12.9. The highest BCUT2D eigenvalue weighted by Crippen LogP contribution is 2.19. The lowest BCUT2D eigenvalue weighted by molar-refractivity contribution is 0.865. The second-order valence-electron chi connectivity index (χ2n) is 3.85. The lowest BCUT2D eigenvalue weighted by Crippen LogP contribution is -2.28. The topological polar surface area (TPSA) is 52.7 Å². The number of halogens is 1. The first-order valence-electron chi connectivity index (χ1n) is 5.44. The van der Waals surface area contributed by atoms with Crippen LogP contribution in [0.4, 0.5) is 5.69 Å². The highest BCUT2D eigenvalue weighted by molar-refractivity contribution is 7.80. The molecule has 1 aromatic heterocycles. The second kappa shape index (κ2) is 5.84. The Morgan fingerprint density at radius 2 is 2.28 bits per heavy atom. The molecule has 18 heavy (non-hydrogen) atoms. The number of hydrogen-bond donors (Lipinski definition) is 3. The van der Waals surface area contributed by atoms with Crippen LogP contribution in [0.15, 0.2) is 30.5 Å². The number of H-pyrrole nitrogens is 1. The summed E-state index contributed by atoms with van der Waals surface area (Å²) >= 11 is 11.2. The Kier molecular flexibility index (Phi) is 4.17. The molecule has 3 N–H and O–H groups in total. The Morgan fingerprint density at radius 3 is 3.00 bits per heavy atom. The van der Waals surface area contributed by atoms with Crippen LogP contribution in [-0.2, 0) is 6.54 Å². The van der Waals surface area contributed by atoms with Crippen molar-refractivity contribution in [2.45, 2.75) is 13.5 Å². The van der Waals surface area contributed by atoms with Gasteiger partial charge in [0.2, 0.25) is 0 Å². The average Bonchev–Trinajstić information content (AvgIpc) is 2.84. The summed E-state index contributed by atoms with van der Waals surface area (Å²) in [5.74, 6) is 0. The predicted molar refractivity (Wildman–Crippen MR) is 77.8 cm³/mol. The van der Waals surface area contributed by atoms with Crippen LogP contribution in [-0.4, -0.2) is 15.3 Å². The van der Waals surface area contributed by atoms with E-state index in [0.29, 0.717) is 16.7 Å². The SMILES string of the molecule is Cc1ccc(Cl)cc1NC(=S)NCc1ccn[nH]1. The standard InChI is InChI=1S/C12H13ClN4S/c1-8-2-3-9(13)6-11(8)16-12(18)14-7-10-4-5-15-17-10/h2-6H,7H2,1H3,(H,15,17)(H2,14,16,18). The molecule has 0 saturated heterocycles. The summed E-state index contributed by atoms with van der Waals surface area (Å²) in [6.07, 6.45) is 1.70. The molecule has 4 nitrogen and oxygen atoms in total. The van der Waals surface area contributed by atoms with Crippen LogP contribution < -0.4 is 10.6 Å². The normalized spacial score (nSPS) is 10.1. The molecule has 0 bridgehead atoms. The number of aromatic nitrogens is 2. The van der Waals surface area contributed by atoms with Crippen molar-refractivity contribution in [2.75, 3.05) is 5.32 Å². The molecule has 0 atom stereocenters. The van der Waals surface area contributed by atoms with E-state index in [1.807, 2.05) is 31.2 Å². The zero-order valence-electron chi connectivity index (χ0n) is 9.83. The van der Waals surface area contributed by atoms with E-state index in [9.17, 15) is 0 Å². The van der Waals surface area contributed by atoms with E-state index in [1.54, 1.807) is 6.20 Å². The minimum Gasteiger partial charge on any atom is -0.357 e. The molecule has 0 aliphatic rings. The molecule has 0 fully saturated rings. The maximum Gasteiger partial charge on any atom is 0.171 e. The largest absolute Gasteiger partial charge is 0.357 e. The van der Waals surface area contributed by atoms with Crippen molar-refractivity contribution in [2.24, 2.45) is 0 Å². The number of rotatable bonds is 3. The third-order valence-corrected chi connectivity index (χ3v) is 2.93. The van der Waals surface area contributed by atoms with Crippen molar-refractivity contribution in [1.82, 2.24) is 15.5 Å². The van der Waals surface area contributed by atoms with Gasteiger partial charge in [0.15, 0.2) is 5.11 Å². The number of aromatic amines is 1. The quantitative estimate of drug-likeness (QED) is 0.757. The van der Waals surface area contributed by atoms with Crippen LogP contribution >= 0.6 is 23.8 Å². The number of anilines is 1. The Labute approximate surface area is 116 Å². The van der Waals surface area contributed by atoms with Gasteiger partial charge in [-0.3, -0.25) is 5.10 Å². The summed E-state index contributed by atoms with van der Waals surface area (Å²) in [5.41, 5.74) is 2.97. The third-order valence-electron chi connectivity index (χ3n) is 2.45. The van der Waals surface area contributed by atoms with E-state index in [-0.39, 0.29) is 0 Å². The Morgan fingerprint density at radius 1 is 1.44 bits per heavy atom. The molecule has 2 aromatic rings. The van der Waals surface area contributed by atoms with Gasteiger partial charge in [-0.1, -0.05) is 17.7 Å².